The van der Waals surface area contributed by atoms with Crippen molar-refractivity contribution in [1.29, 1.82) is 0 Å². The van der Waals surface area contributed by atoms with E-state index in [9.17, 15) is 17.6 Å². The summed E-state index contributed by atoms with van der Waals surface area (Å²) in [6.45, 7) is 0. The maximum Gasteiger partial charge on any atom is 0.316 e. The van der Waals surface area contributed by atoms with Crippen LogP contribution in [-0.2, 0) is 10.0 Å². The summed E-state index contributed by atoms with van der Waals surface area (Å²) in [5.74, 6) is -0.720. The van der Waals surface area contributed by atoms with E-state index in [1.807, 2.05) is 0 Å². The van der Waals surface area contributed by atoms with Crippen LogP contribution in [-0.4, -0.2) is 14.4 Å². The minimum absolute atomic E-state index is 0.114. The summed E-state index contributed by atoms with van der Waals surface area (Å²) in [5, 5.41) is 3.69. The monoisotopic (exact) mass is 315 g/mol. The van der Waals surface area contributed by atoms with Crippen molar-refractivity contribution in [3.8, 4) is 0 Å². The minimum atomic E-state index is -3.73. The summed E-state index contributed by atoms with van der Waals surface area (Å²) in [4.78, 5) is 10.7. The van der Waals surface area contributed by atoms with Crippen molar-refractivity contribution in [2.45, 2.75) is 4.21 Å². The highest BCUT2D eigenvalue weighted by Crippen LogP contribution is 2.24. The zero-order chi connectivity index (χ0) is 14.8. The first-order chi connectivity index (χ1) is 9.38. The number of sulfonamides is 1. The topological polar surface area (TPSA) is 101 Å². The summed E-state index contributed by atoms with van der Waals surface area (Å²) in [7, 11) is -3.73. The Balaban J connectivity index is 2.28. The Hall–Kier alpha value is -2.13. The Morgan fingerprint density at radius 3 is 2.65 bits per heavy atom. The molecule has 0 saturated heterocycles. The van der Waals surface area contributed by atoms with Gasteiger partial charge in [-0.2, -0.15) is 0 Å². The van der Waals surface area contributed by atoms with Gasteiger partial charge in [0.15, 0.2) is 0 Å². The Bertz CT molecular complexity index is 729. The number of rotatable bonds is 4. The predicted molar refractivity (Wildman–Crippen MR) is 74.7 cm³/mol. The summed E-state index contributed by atoms with van der Waals surface area (Å²) in [5.41, 5.74) is 4.80. The molecule has 0 aliphatic carbocycles. The molecule has 0 aliphatic heterocycles. The number of primary amides is 1. The Kier molecular flexibility index (Phi) is 3.91. The summed E-state index contributed by atoms with van der Waals surface area (Å²) < 4.78 is 39.8. The first-order valence-corrected chi connectivity index (χ1v) is 7.67. The second-order valence-electron chi connectivity index (χ2n) is 3.72. The molecule has 0 atom stereocenters. The first-order valence-electron chi connectivity index (χ1n) is 5.31. The molecule has 1 heterocycles. The van der Waals surface area contributed by atoms with E-state index >= 15 is 0 Å². The summed E-state index contributed by atoms with van der Waals surface area (Å²) in [6.07, 6.45) is 0. The number of hydrogen-bond acceptors (Lipinski definition) is 4. The molecule has 6 nitrogen and oxygen atoms in total. The molecule has 1 aromatic carbocycles. The van der Waals surface area contributed by atoms with Crippen LogP contribution in [0.5, 0.6) is 0 Å². The average Bonchev–Trinajstić information content (AvgIpc) is 2.87. The molecule has 2 aromatic rings. The number of benzene rings is 1. The third-order valence-corrected chi connectivity index (χ3v) is 5.02. The summed E-state index contributed by atoms with van der Waals surface area (Å²) in [6, 6.07) is 5.51. The number of hydrogen-bond donors (Lipinski definition) is 3. The molecule has 20 heavy (non-hydrogen) atoms. The number of halogens is 1. The second-order valence-corrected chi connectivity index (χ2v) is 6.58. The average molecular weight is 315 g/mol. The highest BCUT2D eigenvalue weighted by molar-refractivity contribution is 7.94. The van der Waals surface area contributed by atoms with Crippen molar-refractivity contribution in [1.82, 2.24) is 0 Å². The van der Waals surface area contributed by atoms with Crippen molar-refractivity contribution in [2.24, 2.45) is 5.73 Å². The Labute approximate surface area is 118 Å². The fourth-order valence-corrected chi connectivity index (χ4v) is 3.48. The molecule has 1 aromatic heterocycles. The standard InChI is InChI=1S/C11H10FN3O3S2/c12-8-4-3-7(6-9(8)14-11(13)16)15-20(17,18)10-2-1-5-19-10/h1-6,15H,(H3,13,14,16). The van der Waals surface area contributed by atoms with Gasteiger partial charge in [0.05, 0.1) is 11.4 Å². The molecule has 0 aliphatic rings. The van der Waals surface area contributed by atoms with Crippen molar-refractivity contribution >= 4 is 38.8 Å². The quantitative estimate of drug-likeness (QED) is 0.806. The molecular formula is C11H10FN3O3S2. The molecule has 0 fully saturated rings. The van der Waals surface area contributed by atoms with E-state index in [1.165, 1.54) is 12.1 Å². The minimum Gasteiger partial charge on any atom is -0.351 e. The van der Waals surface area contributed by atoms with Gasteiger partial charge in [-0.05, 0) is 29.6 Å². The normalized spacial score (nSPS) is 11.1. The predicted octanol–water partition coefficient (Wildman–Crippen LogP) is 2.18. The maximum atomic E-state index is 13.4. The first kappa shape index (κ1) is 14.3. The Morgan fingerprint density at radius 1 is 1.30 bits per heavy atom. The van der Waals surface area contributed by atoms with Gasteiger partial charge in [0, 0.05) is 0 Å². The van der Waals surface area contributed by atoms with Gasteiger partial charge in [0.1, 0.15) is 10.0 Å². The van der Waals surface area contributed by atoms with Gasteiger partial charge in [-0.3, -0.25) is 4.72 Å². The van der Waals surface area contributed by atoms with Crippen LogP contribution in [0.25, 0.3) is 0 Å². The number of thiophene rings is 1. The molecule has 106 valence electrons. The molecular weight excluding hydrogens is 305 g/mol. The van der Waals surface area contributed by atoms with Crippen LogP contribution in [0.15, 0.2) is 39.9 Å². The van der Waals surface area contributed by atoms with Crippen molar-refractivity contribution < 1.29 is 17.6 Å². The lowest BCUT2D eigenvalue weighted by molar-refractivity contribution is 0.259. The van der Waals surface area contributed by atoms with Crippen LogP contribution in [0.1, 0.15) is 0 Å². The molecule has 0 radical (unpaired) electrons. The van der Waals surface area contributed by atoms with Crippen molar-refractivity contribution in [3.63, 3.8) is 0 Å². The largest absolute Gasteiger partial charge is 0.351 e. The van der Waals surface area contributed by atoms with E-state index in [4.69, 9.17) is 5.73 Å². The number of urea groups is 1. The van der Waals surface area contributed by atoms with Gasteiger partial charge in [-0.15, -0.1) is 11.3 Å². The van der Waals surface area contributed by atoms with Crippen LogP contribution < -0.4 is 15.8 Å². The number of nitrogens with two attached hydrogens (primary N) is 1. The lowest BCUT2D eigenvalue weighted by Gasteiger charge is -2.09. The fourth-order valence-electron chi connectivity index (χ4n) is 1.44. The van der Waals surface area contributed by atoms with E-state index in [1.54, 1.807) is 11.4 Å². The third kappa shape index (κ3) is 3.25. The molecule has 2 amide bonds. The molecule has 4 N–H and O–H groups in total. The smallest absolute Gasteiger partial charge is 0.316 e. The zero-order valence-electron chi connectivity index (χ0n) is 9.96. The van der Waals surface area contributed by atoms with Crippen LogP contribution in [0.3, 0.4) is 0 Å². The molecule has 0 spiro atoms. The molecule has 2 rings (SSSR count). The maximum absolute atomic E-state index is 13.4. The van der Waals surface area contributed by atoms with E-state index in [0.29, 0.717) is 0 Å². The van der Waals surface area contributed by atoms with Crippen molar-refractivity contribution in [2.75, 3.05) is 10.0 Å². The van der Waals surface area contributed by atoms with Crippen LogP contribution >= 0.6 is 11.3 Å². The van der Waals surface area contributed by atoms with Gasteiger partial charge >= 0.3 is 6.03 Å². The lowest BCUT2D eigenvalue weighted by Crippen LogP contribution is -2.20. The van der Waals surface area contributed by atoms with Gasteiger partial charge in [0.2, 0.25) is 0 Å². The third-order valence-electron chi connectivity index (χ3n) is 2.24. The number of nitrogens with one attached hydrogen (secondary N) is 2. The molecule has 0 unspecified atom stereocenters. The van der Waals surface area contributed by atoms with Crippen LogP contribution in [0.4, 0.5) is 20.6 Å². The SMILES string of the molecule is NC(=O)Nc1cc(NS(=O)(=O)c2cccs2)ccc1F. The lowest BCUT2D eigenvalue weighted by atomic mass is 10.2. The number of carbonyl (C=O) groups excluding carboxylic acids is 1. The molecule has 0 bridgehead atoms. The van der Waals surface area contributed by atoms with Gasteiger partial charge in [-0.25, -0.2) is 17.6 Å². The van der Waals surface area contributed by atoms with E-state index in [-0.39, 0.29) is 15.6 Å². The van der Waals surface area contributed by atoms with Gasteiger partial charge in [0.25, 0.3) is 10.0 Å². The summed E-state index contributed by atoms with van der Waals surface area (Å²) >= 11 is 1.05. The number of carbonyl (C=O) groups is 1. The van der Waals surface area contributed by atoms with Crippen LogP contribution in [0.2, 0.25) is 0 Å². The highest BCUT2D eigenvalue weighted by Gasteiger charge is 2.16. The van der Waals surface area contributed by atoms with E-state index < -0.39 is 21.9 Å². The number of anilines is 2. The van der Waals surface area contributed by atoms with Crippen molar-refractivity contribution in [3.05, 3.63) is 41.5 Å². The van der Waals surface area contributed by atoms with E-state index in [0.717, 1.165) is 23.5 Å². The Morgan fingerprint density at radius 2 is 2.05 bits per heavy atom. The number of amides is 2. The van der Waals surface area contributed by atoms with Crippen LogP contribution in [0, 0.1) is 5.82 Å². The molecule has 0 saturated carbocycles. The molecule has 9 heteroatoms. The van der Waals surface area contributed by atoms with Gasteiger partial charge in [-0.1, -0.05) is 6.07 Å². The van der Waals surface area contributed by atoms with Gasteiger partial charge < -0.3 is 11.1 Å². The fraction of sp³-hybridized carbons (Fsp3) is 0. The second kappa shape index (κ2) is 5.47. The highest BCUT2D eigenvalue weighted by atomic mass is 32.2. The van der Waals surface area contributed by atoms with E-state index in [2.05, 4.69) is 10.0 Å². The zero-order valence-corrected chi connectivity index (χ0v) is 11.6.